The van der Waals surface area contributed by atoms with E-state index in [1.165, 1.54) is 6.07 Å². The minimum absolute atomic E-state index is 0.0814. The molecule has 0 aliphatic rings. The molecule has 0 saturated carbocycles. The monoisotopic (exact) mass is 362 g/mol. The molecule has 0 unspecified atom stereocenters. The lowest BCUT2D eigenvalue weighted by molar-refractivity contribution is 0.0556. The largest absolute Gasteiger partial charge is 0.488 e. The minimum Gasteiger partial charge on any atom is -0.488 e. The van der Waals surface area contributed by atoms with E-state index in [1.54, 1.807) is 36.4 Å². The second-order valence-electron chi connectivity index (χ2n) is 4.31. The van der Waals surface area contributed by atoms with Gasteiger partial charge in [-0.25, -0.2) is 9.18 Å². The molecule has 0 saturated heterocycles. The van der Waals surface area contributed by atoms with E-state index in [0.29, 0.717) is 21.3 Å². The molecule has 3 nitrogen and oxygen atoms in total. The zero-order chi connectivity index (χ0) is 15.9. The first-order valence-electron chi connectivity index (χ1n) is 6.38. The molecule has 0 aliphatic heterocycles. The van der Waals surface area contributed by atoms with E-state index in [4.69, 9.17) is 15.9 Å². The van der Waals surface area contributed by atoms with Crippen molar-refractivity contribution in [1.29, 1.82) is 0 Å². The number of ether oxygens (including phenoxy) is 2. The number of rotatable bonds is 5. The second kappa shape index (κ2) is 7.62. The van der Waals surface area contributed by atoms with Crippen LogP contribution in [0.3, 0.4) is 0 Å². The Labute approximate surface area is 136 Å². The van der Waals surface area contributed by atoms with Gasteiger partial charge in [-0.3, -0.25) is 0 Å². The van der Waals surface area contributed by atoms with E-state index in [-0.39, 0.29) is 19.0 Å². The summed E-state index contributed by atoms with van der Waals surface area (Å²) in [6.45, 7) is 0.00808. The Bertz CT molecular complexity index is 722. The van der Waals surface area contributed by atoms with Gasteiger partial charge in [0.1, 0.15) is 18.2 Å². The topological polar surface area (TPSA) is 35.5 Å². The van der Waals surface area contributed by atoms with Crippen molar-refractivity contribution >= 4 is 21.9 Å². The summed E-state index contributed by atoms with van der Waals surface area (Å²) in [5.74, 6) is 1.88. The third kappa shape index (κ3) is 4.09. The molecule has 0 radical (unpaired) electrons. The van der Waals surface area contributed by atoms with Gasteiger partial charge in [0.05, 0.1) is 10.0 Å². The van der Waals surface area contributed by atoms with Crippen LogP contribution < -0.4 is 4.74 Å². The fraction of sp³-hybridized carbons (Fsp3) is 0.118. The molecule has 0 heterocycles. The third-order valence-corrected chi connectivity index (χ3v) is 3.41. The Morgan fingerprint density at radius 3 is 2.73 bits per heavy atom. The van der Waals surface area contributed by atoms with Crippen molar-refractivity contribution in [3.05, 3.63) is 63.9 Å². The first kappa shape index (κ1) is 16.1. The molecule has 0 aromatic heterocycles. The van der Waals surface area contributed by atoms with Gasteiger partial charge in [0.15, 0.2) is 6.61 Å². The zero-order valence-corrected chi connectivity index (χ0v) is 13.1. The van der Waals surface area contributed by atoms with Crippen LogP contribution in [0.5, 0.6) is 5.75 Å². The third-order valence-electron chi connectivity index (χ3n) is 2.80. The van der Waals surface area contributed by atoms with Gasteiger partial charge in [-0.15, -0.1) is 6.42 Å². The quantitative estimate of drug-likeness (QED) is 0.596. The van der Waals surface area contributed by atoms with Gasteiger partial charge >= 0.3 is 5.97 Å². The highest BCUT2D eigenvalue weighted by Gasteiger charge is 2.11. The van der Waals surface area contributed by atoms with Crippen molar-refractivity contribution in [1.82, 2.24) is 0 Å². The summed E-state index contributed by atoms with van der Waals surface area (Å²) in [6.07, 6.45) is 5.03. The van der Waals surface area contributed by atoms with E-state index < -0.39 is 5.97 Å². The number of carbonyl (C=O) groups excluding carboxylic acids is 1. The number of carbonyl (C=O) groups is 1. The lowest BCUT2D eigenvalue weighted by atomic mass is 10.2. The molecule has 0 atom stereocenters. The molecule has 2 rings (SSSR count). The lowest BCUT2D eigenvalue weighted by Gasteiger charge is -2.10. The summed E-state index contributed by atoms with van der Waals surface area (Å²) in [5.41, 5.74) is 0.798. The van der Waals surface area contributed by atoms with E-state index in [2.05, 4.69) is 21.9 Å². The molecule has 22 heavy (non-hydrogen) atoms. The number of hydrogen-bond donors (Lipinski definition) is 0. The van der Waals surface area contributed by atoms with Crippen LogP contribution in [-0.2, 0) is 11.3 Å². The standard InChI is InChI=1S/C17H12BrFO3/c1-2-9-21-17(20)12-7-8-16(14(18)10-12)22-11-13-5-3-4-6-15(13)19/h1,3-8,10H,9,11H2. The Hall–Kier alpha value is -2.32. The Morgan fingerprint density at radius 1 is 1.27 bits per heavy atom. The Kier molecular flexibility index (Phi) is 5.56. The minimum atomic E-state index is -0.515. The number of esters is 1. The molecular weight excluding hydrogens is 351 g/mol. The molecule has 0 spiro atoms. The average Bonchev–Trinajstić information content (AvgIpc) is 2.52. The number of halogens is 2. The van der Waals surface area contributed by atoms with Crippen LogP contribution in [0.4, 0.5) is 4.39 Å². The molecule has 112 valence electrons. The molecular formula is C17H12BrFO3. The van der Waals surface area contributed by atoms with E-state index in [9.17, 15) is 9.18 Å². The van der Waals surface area contributed by atoms with Gasteiger partial charge in [0.2, 0.25) is 0 Å². The Morgan fingerprint density at radius 2 is 2.05 bits per heavy atom. The summed E-state index contributed by atoms with van der Waals surface area (Å²) in [6, 6.07) is 11.1. The first-order valence-corrected chi connectivity index (χ1v) is 7.17. The predicted molar refractivity (Wildman–Crippen MR) is 84.0 cm³/mol. The fourth-order valence-electron chi connectivity index (χ4n) is 1.71. The number of hydrogen-bond acceptors (Lipinski definition) is 3. The van der Waals surface area contributed by atoms with Gasteiger partial charge in [-0.05, 0) is 40.2 Å². The Balaban J connectivity index is 2.06. The molecule has 0 N–H and O–H groups in total. The molecule has 2 aromatic carbocycles. The van der Waals surface area contributed by atoms with Gasteiger partial charge in [0.25, 0.3) is 0 Å². The lowest BCUT2D eigenvalue weighted by Crippen LogP contribution is -2.05. The summed E-state index contributed by atoms with van der Waals surface area (Å²) in [5, 5.41) is 0. The number of benzene rings is 2. The maximum absolute atomic E-state index is 13.5. The summed E-state index contributed by atoms with van der Waals surface area (Å²) in [4.78, 5) is 11.7. The molecule has 0 aliphatic carbocycles. The first-order chi connectivity index (χ1) is 10.6. The highest BCUT2D eigenvalue weighted by molar-refractivity contribution is 9.10. The van der Waals surface area contributed by atoms with Gasteiger partial charge < -0.3 is 9.47 Å². The van der Waals surface area contributed by atoms with Crippen LogP contribution in [0.2, 0.25) is 0 Å². The highest BCUT2D eigenvalue weighted by Crippen LogP contribution is 2.27. The summed E-state index contributed by atoms with van der Waals surface area (Å²) >= 11 is 3.31. The maximum Gasteiger partial charge on any atom is 0.339 e. The van der Waals surface area contributed by atoms with Crippen LogP contribution in [0, 0.1) is 18.2 Å². The molecule has 0 fully saturated rings. The van der Waals surface area contributed by atoms with Crippen LogP contribution in [-0.4, -0.2) is 12.6 Å². The normalized spacial score (nSPS) is 9.86. The highest BCUT2D eigenvalue weighted by atomic mass is 79.9. The zero-order valence-electron chi connectivity index (χ0n) is 11.5. The van der Waals surface area contributed by atoms with E-state index >= 15 is 0 Å². The van der Waals surface area contributed by atoms with E-state index in [1.807, 2.05) is 0 Å². The molecule has 2 aromatic rings. The van der Waals surface area contributed by atoms with Gasteiger partial charge in [-0.1, -0.05) is 24.1 Å². The van der Waals surface area contributed by atoms with Gasteiger partial charge in [0, 0.05) is 5.56 Å². The number of terminal acetylenes is 1. The molecule has 0 bridgehead atoms. The van der Waals surface area contributed by atoms with E-state index in [0.717, 1.165) is 0 Å². The van der Waals surface area contributed by atoms with Crippen LogP contribution >= 0.6 is 15.9 Å². The molecule has 5 heteroatoms. The van der Waals surface area contributed by atoms with Crippen molar-refractivity contribution in [2.75, 3.05) is 6.61 Å². The summed E-state index contributed by atoms with van der Waals surface area (Å²) in [7, 11) is 0. The SMILES string of the molecule is C#CCOC(=O)c1ccc(OCc2ccccc2F)c(Br)c1. The predicted octanol–water partition coefficient (Wildman–Crippen LogP) is 3.96. The van der Waals surface area contributed by atoms with Gasteiger partial charge in [-0.2, -0.15) is 0 Å². The smallest absolute Gasteiger partial charge is 0.339 e. The van der Waals surface area contributed by atoms with Crippen molar-refractivity contribution in [2.24, 2.45) is 0 Å². The van der Waals surface area contributed by atoms with Crippen LogP contribution in [0.15, 0.2) is 46.9 Å². The van der Waals surface area contributed by atoms with Crippen molar-refractivity contribution in [2.45, 2.75) is 6.61 Å². The van der Waals surface area contributed by atoms with Crippen molar-refractivity contribution in [3.63, 3.8) is 0 Å². The second-order valence-corrected chi connectivity index (χ2v) is 5.16. The average molecular weight is 363 g/mol. The summed E-state index contributed by atoms with van der Waals surface area (Å²) < 4.78 is 24.5. The van der Waals surface area contributed by atoms with Crippen molar-refractivity contribution in [3.8, 4) is 18.1 Å². The van der Waals surface area contributed by atoms with Crippen molar-refractivity contribution < 1.29 is 18.7 Å². The fourth-order valence-corrected chi connectivity index (χ4v) is 2.20. The van der Waals surface area contributed by atoms with Crippen LogP contribution in [0.1, 0.15) is 15.9 Å². The molecule has 0 amide bonds. The maximum atomic E-state index is 13.5. The van der Waals surface area contributed by atoms with Crippen LogP contribution in [0.25, 0.3) is 0 Å².